The maximum absolute atomic E-state index is 13.1. The van der Waals surface area contributed by atoms with E-state index in [0.717, 1.165) is 89.9 Å². The van der Waals surface area contributed by atoms with Crippen LogP contribution < -0.4 is 5.32 Å². The minimum Gasteiger partial charge on any atom is -0.394 e. The predicted octanol–water partition coefficient (Wildman–Crippen LogP) is 14.8. The van der Waals surface area contributed by atoms with Crippen LogP contribution in [0.1, 0.15) is 258 Å². The molecule has 0 aromatic heterocycles. The van der Waals surface area contributed by atoms with Crippen LogP contribution in [0.15, 0.2) is 72.9 Å². The van der Waals surface area contributed by atoms with Gasteiger partial charge in [-0.2, -0.15) is 0 Å². The molecule has 71 heavy (non-hydrogen) atoms. The molecule has 1 rings (SSSR count). The van der Waals surface area contributed by atoms with Crippen molar-refractivity contribution in [3.05, 3.63) is 72.9 Å². The first kappa shape index (κ1) is 66.6. The Balaban J connectivity index is 2.22. The standard InChI is InChI=1S/C62H111NO8/c1-3-5-7-9-11-13-15-17-19-21-23-25-26-27-28-29-30-32-34-36-38-40-42-44-46-48-50-52-58(66)63-55(54-70-62-61(69)60(68)59(67)57(53-64)71-62)56(65)51-49-47-45-43-41-39-37-35-33-31-24-22-20-18-16-14-12-10-8-6-4-2/h5,7,11,13,17,19,23,25,27-28,30,32,55-57,59-62,64-65,67-69H,3-4,6,8-10,12,14-16,18,20-22,24,26,29,31,33-54H2,1-2H3,(H,63,66)/b7-5-,13-11-,19-17-,25-23-,28-27-,32-30-. The van der Waals surface area contributed by atoms with Crippen molar-refractivity contribution in [2.45, 2.75) is 301 Å². The number of rotatable bonds is 50. The molecule has 7 unspecified atom stereocenters. The fourth-order valence-corrected chi connectivity index (χ4v) is 9.17. The number of aliphatic hydroxyl groups is 5. The van der Waals surface area contributed by atoms with Crippen LogP contribution in [0, 0.1) is 0 Å². The van der Waals surface area contributed by atoms with Gasteiger partial charge in [0.05, 0.1) is 25.4 Å². The van der Waals surface area contributed by atoms with Gasteiger partial charge in [0.15, 0.2) is 6.29 Å². The Morgan fingerprint density at radius 2 is 0.873 bits per heavy atom. The number of carbonyl (C=O) groups excluding carboxylic acids is 1. The molecule has 0 saturated carbocycles. The Bertz CT molecular complexity index is 1340. The normalized spacial score (nSPS) is 19.8. The highest BCUT2D eigenvalue weighted by Gasteiger charge is 2.44. The quantitative estimate of drug-likeness (QED) is 0.0261. The SMILES string of the molecule is CC/C=C\C/C=C\C/C=C\C/C=C\C/C=C\C/C=C\CCCCCCCCCCC(=O)NC(COC1OC(CO)C(O)C(O)C1O)C(O)CCCCCCCCCCCCCCCCCCCCCCC. The van der Waals surface area contributed by atoms with Gasteiger partial charge in [0.1, 0.15) is 24.4 Å². The summed E-state index contributed by atoms with van der Waals surface area (Å²) < 4.78 is 11.3. The molecule has 1 aliphatic heterocycles. The average Bonchev–Trinajstić information content (AvgIpc) is 3.37. The van der Waals surface area contributed by atoms with Crippen molar-refractivity contribution in [1.82, 2.24) is 5.32 Å². The summed E-state index contributed by atoms with van der Waals surface area (Å²) in [6.07, 6.45) is 63.5. The molecule has 1 fully saturated rings. The number of ether oxygens (including phenoxy) is 2. The Morgan fingerprint density at radius 1 is 0.493 bits per heavy atom. The van der Waals surface area contributed by atoms with E-state index in [1.807, 2.05) is 0 Å². The predicted molar refractivity (Wildman–Crippen MR) is 299 cm³/mol. The van der Waals surface area contributed by atoms with Gasteiger partial charge >= 0.3 is 0 Å². The molecular formula is C62H111NO8. The van der Waals surface area contributed by atoms with E-state index in [0.29, 0.717) is 12.8 Å². The van der Waals surface area contributed by atoms with Gasteiger partial charge in [0, 0.05) is 6.42 Å². The maximum atomic E-state index is 13.1. The first-order valence-corrected chi connectivity index (χ1v) is 29.6. The molecule has 0 bridgehead atoms. The summed E-state index contributed by atoms with van der Waals surface area (Å²) in [6.45, 7) is 3.74. The summed E-state index contributed by atoms with van der Waals surface area (Å²) >= 11 is 0. The molecule has 412 valence electrons. The highest BCUT2D eigenvalue weighted by molar-refractivity contribution is 5.76. The second-order valence-electron chi connectivity index (χ2n) is 20.4. The lowest BCUT2D eigenvalue weighted by molar-refractivity contribution is -0.302. The van der Waals surface area contributed by atoms with Crippen LogP contribution in [0.25, 0.3) is 0 Å². The minimum atomic E-state index is -1.56. The second kappa shape index (κ2) is 51.1. The van der Waals surface area contributed by atoms with Crippen LogP contribution in [0.2, 0.25) is 0 Å². The third-order valence-corrected chi connectivity index (χ3v) is 13.8. The van der Waals surface area contributed by atoms with Gasteiger partial charge in [-0.25, -0.2) is 0 Å². The van der Waals surface area contributed by atoms with Crippen molar-refractivity contribution < 1.29 is 39.8 Å². The van der Waals surface area contributed by atoms with E-state index in [1.54, 1.807) is 0 Å². The fourth-order valence-electron chi connectivity index (χ4n) is 9.17. The molecule has 0 aliphatic carbocycles. The minimum absolute atomic E-state index is 0.144. The molecule has 9 nitrogen and oxygen atoms in total. The van der Waals surface area contributed by atoms with Gasteiger partial charge < -0.3 is 40.3 Å². The summed E-state index contributed by atoms with van der Waals surface area (Å²) in [5, 5.41) is 54.7. The van der Waals surface area contributed by atoms with Crippen molar-refractivity contribution in [2.75, 3.05) is 13.2 Å². The lowest BCUT2D eigenvalue weighted by Crippen LogP contribution is -2.60. The van der Waals surface area contributed by atoms with Gasteiger partial charge in [-0.15, -0.1) is 0 Å². The monoisotopic (exact) mass is 998 g/mol. The molecule has 0 spiro atoms. The summed E-state index contributed by atoms with van der Waals surface area (Å²) in [7, 11) is 0. The molecule has 0 aromatic rings. The van der Waals surface area contributed by atoms with Crippen LogP contribution in [-0.2, 0) is 14.3 Å². The first-order valence-electron chi connectivity index (χ1n) is 29.6. The highest BCUT2D eigenvalue weighted by atomic mass is 16.7. The molecular weight excluding hydrogens is 887 g/mol. The Morgan fingerprint density at radius 3 is 1.30 bits per heavy atom. The van der Waals surface area contributed by atoms with E-state index in [1.165, 1.54) is 141 Å². The highest BCUT2D eigenvalue weighted by Crippen LogP contribution is 2.23. The van der Waals surface area contributed by atoms with Crippen LogP contribution in [0.5, 0.6) is 0 Å². The summed E-state index contributed by atoms with van der Waals surface area (Å²) in [5.41, 5.74) is 0. The van der Waals surface area contributed by atoms with Crippen LogP contribution in [0.4, 0.5) is 0 Å². The van der Waals surface area contributed by atoms with Gasteiger partial charge in [-0.3, -0.25) is 4.79 Å². The number of hydrogen-bond acceptors (Lipinski definition) is 8. The molecule has 0 radical (unpaired) electrons. The number of carbonyl (C=O) groups is 1. The summed E-state index contributed by atoms with van der Waals surface area (Å²) in [4.78, 5) is 13.1. The van der Waals surface area contributed by atoms with Gasteiger partial charge in [-0.1, -0.05) is 260 Å². The van der Waals surface area contributed by atoms with Gasteiger partial charge in [0.2, 0.25) is 5.91 Å². The Hall–Kier alpha value is -2.37. The third kappa shape index (κ3) is 40.7. The van der Waals surface area contributed by atoms with E-state index in [9.17, 15) is 30.3 Å². The Kier molecular flexibility index (Phi) is 48.0. The third-order valence-electron chi connectivity index (χ3n) is 13.8. The van der Waals surface area contributed by atoms with Crippen molar-refractivity contribution >= 4 is 5.91 Å². The zero-order chi connectivity index (χ0) is 51.5. The van der Waals surface area contributed by atoms with E-state index in [-0.39, 0.29) is 12.5 Å². The number of aliphatic hydroxyl groups excluding tert-OH is 5. The van der Waals surface area contributed by atoms with Crippen LogP contribution >= 0.6 is 0 Å². The number of amides is 1. The molecule has 0 aromatic carbocycles. The smallest absolute Gasteiger partial charge is 0.220 e. The maximum Gasteiger partial charge on any atom is 0.220 e. The number of unbranched alkanes of at least 4 members (excludes halogenated alkanes) is 28. The molecule has 9 heteroatoms. The lowest BCUT2D eigenvalue weighted by Gasteiger charge is -2.40. The zero-order valence-electron chi connectivity index (χ0n) is 45.7. The van der Waals surface area contributed by atoms with Crippen molar-refractivity contribution in [2.24, 2.45) is 0 Å². The first-order chi connectivity index (χ1) is 34.8. The summed E-state index contributed by atoms with van der Waals surface area (Å²) in [5.74, 6) is -0.153. The molecule has 1 saturated heterocycles. The van der Waals surface area contributed by atoms with Crippen molar-refractivity contribution in [1.29, 1.82) is 0 Å². The average molecular weight is 999 g/mol. The molecule has 6 N–H and O–H groups in total. The summed E-state index contributed by atoms with van der Waals surface area (Å²) in [6, 6.07) is -0.729. The topological polar surface area (TPSA) is 149 Å². The van der Waals surface area contributed by atoms with E-state index in [4.69, 9.17) is 9.47 Å². The molecule has 7 atom stereocenters. The lowest BCUT2D eigenvalue weighted by atomic mass is 9.99. The molecule has 1 heterocycles. The number of hydrogen-bond donors (Lipinski definition) is 6. The largest absolute Gasteiger partial charge is 0.394 e. The molecule has 1 amide bonds. The van der Waals surface area contributed by atoms with Crippen molar-refractivity contribution in [3.63, 3.8) is 0 Å². The van der Waals surface area contributed by atoms with Crippen molar-refractivity contribution in [3.8, 4) is 0 Å². The van der Waals surface area contributed by atoms with E-state index >= 15 is 0 Å². The number of allylic oxidation sites excluding steroid dienone is 12. The van der Waals surface area contributed by atoms with Gasteiger partial charge in [0.25, 0.3) is 0 Å². The fraction of sp³-hybridized carbons (Fsp3) is 0.790. The second-order valence-corrected chi connectivity index (χ2v) is 20.4. The van der Waals surface area contributed by atoms with Crippen LogP contribution in [-0.4, -0.2) is 87.5 Å². The van der Waals surface area contributed by atoms with Gasteiger partial charge in [-0.05, 0) is 64.2 Å². The van der Waals surface area contributed by atoms with E-state index in [2.05, 4.69) is 92.1 Å². The van der Waals surface area contributed by atoms with Crippen LogP contribution in [0.3, 0.4) is 0 Å². The zero-order valence-corrected chi connectivity index (χ0v) is 45.7. The Labute approximate surface area is 436 Å². The number of nitrogens with one attached hydrogen (secondary N) is 1. The van der Waals surface area contributed by atoms with E-state index < -0.39 is 49.5 Å². The molecule has 1 aliphatic rings.